The number of hydrogen-bond donors (Lipinski definition) is 3. The molecule has 0 spiro atoms. The Labute approximate surface area is 354 Å². The molecule has 16 heteroatoms. The highest BCUT2D eigenvalue weighted by atomic mass is 79.9. The molecule has 7 atom stereocenters. The highest BCUT2D eigenvalue weighted by Crippen LogP contribution is 2.46. The Balaban J connectivity index is 1.02. The zero-order valence-corrected chi connectivity index (χ0v) is 36.1. The van der Waals surface area contributed by atoms with Gasteiger partial charge in [-0.15, -0.1) is 0 Å². The van der Waals surface area contributed by atoms with Crippen molar-refractivity contribution >= 4 is 57.8 Å². The highest BCUT2D eigenvalue weighted by Gasteiger charge is 2.61. The molecule has 3 amide bonds. The second-order valence-corrected chi connectivity index (χ2v) is 18.3. The van der Waals surface area contributed by atoms with Crippen molar-refractivity contribution in [3.8, 4) is 11.6 Å². The van der Waals surface area contributed by atoms with Crippen LogP contribution in [0.15, 0.2) is 52.9 Å². The Kier molecular flexibility index (Phi) is 12.7. The number of alkyl carbamates (subject to hydrolysis) is 1. The Hall–Kier alpha value is -4.15. The maximum absolute atomic E-state index is 14.5. The summed E-state index contributed by atoms with van der Waals surface area (Å²) >= 11 is 3.58. The molecule has 0 unspecified atom stereocenters. The maximum atomic E-state index is 14.5. The van der Waals surface area contributed by atoms with Gasteiger partial charge in [0.1, 0.15) is 40.1 Å². The summed E-state index contributed by atoms with van der Waals surface area (Å²) < 4.78 is 30.5. The molecule has 14 nitrogen and oxygen atoms in total. The van der Waals surface area contributed by atoms with Gasteiger partial charge >= 0.3 is 19.2 Å². The number of halogens is 1. The summed E-state index contributed by atoms with van der Waals surface area (Å²) in [6, 6.07) is 5.42. The van der Waals surface area contributed by atoms with Crippen LogP contribution in [-0.4, -0.2) is 101 Å². The molecule has 0 radical (unpaired) electrons. The van der Waals surface area contributed by atoms with Crippen LogP contribution < -0.4 is 20.1 Å². The van der Waals surface area contributed by atoms with E-state index in [1.54, 1.807) is 7.11 Å². The number of unbranched alkanes of at least 4 members (excludes halogenated alkanes) is 1. The van der Waals surface area contributed by atoms with Gasteiger partial charge in [0.2, 0.25) is 17.7 Å². The van der Waals surface area contributed by atoms with Gasteiger partial charge in [0, 0.05) is 17.7 Å². The molecule has 7 rings (SSSR count). The lowest BCUT2D eigenvalue weighted by atomic mass is 9.89. The summed E-state index contributed by atoms with van der Waals surface area (Å²) in [7, 11) is 1.17. The number of benzene rings is 1. The molecule has 3 N–H and O–H groups in total. The highest BCUT2D eigenvalue weighted by molar-refractivity contribution is 9.10. The summed E-state index contributed by atoms with van der Waals surface area (Å²) in [5.41, 5.74) is -1.59. The summed E-state index contributed by atoms with van der Waals surface area (Å²) in [4.78, 5) is 60.7. The molecule has 4 heterocycles. The van der Waals surface area contributed by atoms with Gasteiger partial charge in [-0.3, -0.25) is 9.59 Å². The van der Waals surface area contributed by atoms with Gasteiger partial charge < -0.3 is 44.2 Å². The van der Waals surface area contributed by atoms with Gasteiger partial charge in [0.25, 0.3) is 0 Å². The first-order chi connectivity index (χ1) is 28.1. The number of rotatable bonds is 11. The monoisotopic (exact) mass is 878 g/mol. The number of carbonyl (C=O) groups is 4. The normalized spacial score (nSPS) is 30.7. The second kappa shape index (κ2) is 17.4. The Morgan fingerprint density at radius 1 is 1.12 bits per heavy atom. The van der Waals surface area contributed by atoms with E-state index in [4.69, 9.17) is 28.5 Å². The first-order valence-corrected chi connectivity index (χ1v) is 21.7. The minimum Gasteiger partial charge on any atom is -0.495 e. The first-order valence-electron chi connectivity index (χ1n) is 20.9. The number of methoxy groups -OCH3 is 1. The number of hydrogen-bond acceptors (Lipinski definition) is 10. The lowest BCUT2D eigenvalue weighted by molar-refractivity contribution is -0.145. The number of carboxylic acid groups (broad SMARTS) is 1. The number of ether oxygens (including phenoxy) is 3. The van der Waals surface area contributed by atoms with Gasteiger partial charge in [-0.1, -0.05) is 49.2 Å². The predicted molar refractivity (Wildman–Crippen MR) is 224 cm³/mol. The quantitative estimate of drug-likeness (QED) is 0.125. The van der Waals surface area contributed by atoms with Crippen LogP contribution in [0.1, 0.15) is 98.3 Å². The van der Waals surface area contributed by atoms with E-state index in [0.29, 0.717) is 28.6 Å². The molecule has 1 aromatic heterocycles. The summed E-state index contributed by atoms with van der Waals surface area (Å²) in [6.45, 7) is 8.11. The third kappa shape index (κ3) is 9.44. The average Bonchev–Trinajstić information content (AvgIpc) is 4.02. The van der Waals surface area contributed by atoms with Gasteiger partial charge in [-0.05, 0) is 113 Å². The van der Waals surface area contributed by atoms with Crippen LogP contribution in [0, 0.1) is 11.8 Å². The smallest absolute Gasteiger partial charge is 0.486 e. The number of nitrogens with one attached hydrogen (secondary N) is 2. The number of aromatic nitrogens is 1. The number of allylic oxidation sites excluding steroid dienone is 2. The van der Waals surface area contributed by atoms with Crippen molar-refractivity contribution in [3.63, 3.8) is 0 Å². The van der Waals surface area contributed by atoms with Crippen LogP contribution in [0.5, 0.6) is 11.6 Å². The predicted octanol–water partition coefficient (Wildman–Crippen LogP) is 6.68. The summed E-state index contributed by atoms with van der Waals surface area (Å²) in [6.07, 6.45) is 11.4. The van der Waals surface area contributed by atoms with Crippen LogP contribution in [-0.2, 0) is 28.4 Å². The number of pyridine rings is 1. The molecule has 0 bridgehead atoms. The number of fused-ring (bicyclic) bond motifs is 3. The zero-order valence-electron chi connectivity index (χ0n) is 34.5. The van der Waals surface area contributed by atoms with E-state index in [0.717, 1.165) is 50.3 Å². The van der Waals surface area contributed by atoms with Crippen LogP contribution in [0.25, 0.3) is 10.9 Å². The molecule has 2 aliphatic carbocycles. The summed E-state index contributed by atoms with van der Waals surface area (Å²) in [5, 5.41) is 16.7. The van der Waals surface area contributed by atoms with Gasteiger partial charge in [-0.2, -0.15) is 0 Å². The van der Waals surface area contributed by atoms with Gasteiger partial charge in [0.05, 0.1) is 30.4 Å². The van der Waals surface area contributed by atoms with Crippen molar-refractivity contribution < 1.29 is 47.8 Å². The maximum Gasteiger partial charge on any atom is 0.486 e. The fraction of sp³-hybridized carbons (Fsp3) is 0.605. The second-order valence-electron chi connectivity index (χ2n) is 17.5. The van der Waals surface area contributed by atoms with E-state index in [2.05, 4.69) is 32.6 Å². The van der Waals surface area contributed by atoms with E-state index in [9.17, 15) is 24.3 Å². The topological polar surface area (TPSA) is 175 Å². The van der Waals surface area contributed by atoms with E-state index < -0.39 is 47.6 Å². The minimum atomic E-state index is -1.45. The third-order valence-electron chi connectivity index (χ3n) is 12.8. The van der Waals surface area contributed by atoms with E-state index >= 15 is 0 Å². The van der Waals surface area contributed by atoms with Gasteiger partial charge in [-0.25, -0.2) is 14.6 Å². The molecule has 1 aromatic carbocycles. The van der Waals surface area contributed by atoms with Crippen LogP contribution in [0.3, 0.4) is 0 Å². The van der Waals surface area contributed by atoms with Crippen molar-refractivity contribution in [1.82, 2.24) is 20.5 Å². The fourth-order valence-electron chi connectivity index (χ4n) is 8.37. The lowest BCUT2D eigenvalue weighted by Gasteiger charge is -2.32. The van der Waals surface area contributed by atoms with E-state index in [1.807, 2.05) is 70.1 Å². The largest absolute Gasteiger partial charge is 0.495 e. The molecule has 2 saturated carbocycles. The minimum absolute atomic E-state index is 0.00444. The SMILES string of the molecule is COc1c(Br)c(O[C@@H]2C[C@H]3C(=O)N[C@]4(C(=O)O)C[C@H]4/C=C\CCCCC[C@H](NC(=O)O[C@@H]4C[C@H]4CCC/C=C/B4OC(C)(C)C(C)(C)O4)C(=O)N3C2)nc2ccccc12. The summed E-state index contributed by atoms with van der Waals surface area (Å²) in [5.74, 6) is 0.428. The molecule has 2 aromatic rings. The van der Waals surface area contributed by atoms with E-state index in [1.165, 1.54) is 4.90 Å². The Morgan fingerprint density at radius 3 is 2.63 bits per heavy atom. The van der Waals surface area contributed by atoms with Crippen molar-refractivity contribution in [3.05, 3.63) is 52.9 Å². The number of para-hydroxylation sites is 1. The number of carbonyl (C=O) groups excluding carboxylic acids is 3. The van der Waals surface area contributed by atoms with Crippen molar-refractivity contribution in [2.75, 3.05) is 13.7 Å². The lowest BCUT2D eigenvalue weighted by Crippen LogP contribution is -2.56. The molecular weight excluding hydrogens is 823 g/mol. The first kappa shape index (κ1) is 43.0. The number of carboxylic acids is 1. The third-order valence-corrected chi connectivity index (χ3v) is 13.5. The van der Waals surface area contributed by atoms with Crippen LogP contribution in [0.2, 0.25) is 0 Å². The van der Waals surface area contributed by atoms with E-state index in [-0.39, 0.29) is 61.5 Å². The molecule has 5 aliphatic rings. The molecule has 3 aliphatic heterocycles. The fourth-order valence-corrected chi connectivity index (χ4v) is 8.93. The molecule has 4 fully saturated rings. The van der Waals surface area contributed by atoms with Crippen LogP contribution >= 0.6 is 15.9 Å². The number of amides is 3. The van der Waals surface area contributed by atoms with Crippen molar-refractivity contribution in [2.45, 2.75) is 139 Å². The zero-order chi connectivity index (χ0) is 42.1. The molecule has 318 valence electrons. The molecular formula is C43H56BBrN4O10. The molecule has 59 heavy (non-hydrogen) atoms. The van der Waals surface area contributed by atoms with Gasteiger partial charge in [0.15, 0.2) is 0 Å². The Morgan fingerprint density at radius 2 is 1.88 bits per heavy atom. The Bertz CT molecular complexity index is 1980. The average molecular weight is 880 g/mol. The molecule has 2 saturated heterocycles. The van der Waals surface area contributed by atoms with Crippen molar-refractivity contribution in [1.29, 1.82) is 0 Å². The van der Waals surface area contributed by atoms with Crippen molar-refractivity contribution in [2.24, 2.45) is 11.8 Å². The number of nitrogens with zero attached hydrogens (tertiary/aromatic N) is 2. The van der Waals surface area contributed by atoms with Crippen LogP contribution in [0.4, 0.5) is 4.79 Å². The number of aliphatic carboxylic acids is 1. The standard InChI is InChI=1S/C43H56BBrN4O10/c1-41(2)42(3,4)59-44(58-41)21-15-9-10-16-26-22-33(26)57-40(54)47-31-20-12-8-6-7-11-17-27-24-43(27,39(52)53)48-36(50)32-23-28(25-49(32)38(31)51)56-37-34(45)35(55-5)29-18-13-14-19-30(29)46-37/h11,13-15,17-19,21,26-28,31-33H,6-10,12,16,20,22-25H2,1-5H3,(H,47,54)(H,48,50)(H,52,53)/b17-11-,21-15+/t26-,27-,28-,31+,32+,33-,43-/m1/s1.